The third-order valence-corrected chi connectivity index (χ3v) is 4.37. The van der Waals surface area contributed by atoms with E-state index >= 15 is 0 Å². The lowest BCUT2D eigenvalue weighted by Gasteiger charge is -2.11. The minimum atomic E-state index is 0.928. The van der Waals surface area contributed by atoms with Crippen LogP contribution in [0.1, 0.15) is 11.1 Å². The number of aryl methyl sites for hydroxylation is 2. The number of hydrogen-bond acceptors (Lipinski definition) is 2. The predicted molar refractivity (Wildman–Crippen MR) is 99.9 cm³/mol. The Labute approximate surface area is 141 Å². The molecule has 116 valence electrons. The minimum absolute atomic E-state index is 0.928. The first-order valence-corrected chi connectivity index (χ1v) is 8.12. The van der Waals surface area contributed by atoms with Crippen molar-refractivity contribution < 1.29 is 0 Å². The molecule has 0 saturated heterocycles. The normalized spacial score (nSPS) is 10.9. The van der Waals surface area contributed by atoms with Crippen LogP contribution in [0.2, 0.25) is 0 Å². The molecule has 4 rings (SSSR count). The highest BCUT2D eigenvalue weighted by molar-refractivity contribution is 5.86. The van der Waals surface area contributed by atoms with Gasteiger partial charge in [0.15, 0.2) is 0 Å². The number of rotatable bonds is 2. The van der Waals surface area contributed by atoms with Crippen molar-refractivity contribution in [3.63, 3.8) is 0 Å². The molecule has 2 nitrogen and oxygen atoms in total. The van der Waals surface area contributed by atoms with Crippen LogP contribution >= 0.6 is 0 Å². The zero-order chi connectivity index (χ0) is 16.5. The van der Waals surface area contributed by atoms with Crippen molar-refractivity contribution in [2.24, 2.45) is 0 Å². The van der Waals surface area contributed by atoms with Gasteiger partial charge < -0.3 is 0 Å². The van der Waals surface area contributed by atoms with Crippen molar-refractivity contribution >= 4 is 11.0 Å². The lowest BCUT2D eigenvalue weighted by molar-refractivity contribution is 1.26. The van der Waals surface area contributed by atoms with E-state index in [4.69, 9.17) is 9.97 Å². The van der Waals surface area contributed by atoms with E-state index in [9.17, 15) is 0 Å². The molecule has 0 amide bonds. The third-order valence-electron chi connectivity index (χ3n) is 4.37. The highest BCUT2D eigenvalue weighted by atomic mass is 14.8. The SMILES string of the molecule is Cc1cc2nc(-c3ccccc3)c(-c3ccccc3)nc2cc1C. The number of nitrogens with zero attached hydrogens (tertiary/aromatic N) is 2. The fourth-order valence-corrected chi connectivity index (χ4v) is 2.91. The van der Waals surface area contributed by atoms with Crippen molar-refractivity contribution in [2.45, 2.75) is 13.8 Å². The lowest BCUT2D eigenvalue weighted by atomic mass is 10.0. The Morgan fingerprint density at radius 1 is 0.542 bits per heavy atom. The molecule has 0 aliphatic rings. The van der Waals surface area contributed by atoms with Gasteiger partial charge in [0.1, 0.15) is 0 Å². The van der Waals surface area contributed by atoms with E-state index < -0.39 is 0 Å². The van der Waals surface area contributed by atoms with Crippen LogP contribution in [0.15, 0.2) is 72.8 Å². The topological polar surface area (TPSA) is 25.8 Å². The number of aromatic nitrogens is 2. The zero-order valence-electron chi connectivity index (χ0n) is 13.8. The Kier molecular flexibility index (Phi) is 3.58. The van der Waals surface area contributed by atoms with E-state index in [1.54, 1.807) is 0 Å². The monoisotopic (exact) mass is 310 g/mol. The maximum Gasteiger partial charge on any atom is 0.0973 e. The summed E-state index contributed by atoms with van der Waals surface area (Å²) in [5.74, 6) is 0. The Morgan fingerprint density at radius 2 is 0.917 bits per heavy atom. The molecule has 0 atom stereocenters. The number of benzene rings is 3. The van der Waals surface area contributed by atoms with Gasteiger partial charge in [-0.15, -0.1) is 0 Å². The number of hydrogen-bond donors (Lipinski definition) is 0. The summed E-state index contributed by atoms with van der Waals surface area (Å²) in [6, 6.07) is 24.8. The molecule has 0 unspecified atom stereocenters. The van der Waals surface area contributed by atoms with Gasteiger partial charge in [0.05, 0.1) is 22.4 Å². The van der Waals surface area contributed by atoms with E-state index in [0.29, 0.717) is 0 Å². The standard InChI is InChI=1S/C22H18N2/c1-15-13-19-20(14-16(15)2)24-22(18-11-7-4-8-12-18)21(23-19)17-9-5-3-6-10-17/h3-14H,1-2H3. The smallest absolute Gasteiger partial charge is 0.0973 e. The maximum atomic E-state index is 4.96. The fourth-order valence-electron chi connectivity index (χ4n) is 2.91. The second kappa shape index (κ2) is 5.89. The van der Waals surface area contributed by atoms with Crippen LogP contribution in [-0.4, -0.2) is 9.97 Å². The van der Waals surface area contributed by atoms with Crippen molar-refractivity contribution in [1.29, 1.82) is 0 Å². The summed E-state index contributed by atoms with van der Waals surface area (Å²) < 4.78 is 0. The minimum Gasteiger partial charge on any atom is -0.244 e. The van der Waals surface area contributed by atoms with Gasteiger partial charge in [-0.25, -0.2) is 9.97 Å². The molecule has 3 aromatic carbocycles. The van der Waals surface area contributed by atoms with Crippen molar-refractivity contribution in [3.05, 3.63) is 83.9 Å². The van der Waals surface area contributed by atoms with E-state index in [2.05, 4.69) is 50.2 Å². The van der Waals surface area contributed by atoms with Gasteiger partial charge in [-0.1, -0.05) is 60.7 Å². The average molecular weight is 310 g/mol. The summed E-state index contributed by atoms with van der Waals surface area (Å²) in [5.41, 5.74) is 8.39. The molecule has 0 fully saturated rings. The van der Waals surface area contributed by atoms with Crippen LogP contribution in [0.5, 0.6) is 0 Å². The Balaban J connectivity index is 2.06. The summed E-state index contributed by atoms with van der Waals surface area (Å²) in [6.07, 6.45) is 0. The van der Waals surface area contributed by atoms with E-state index in [1.165, 1.54) is 11.1 Å². The van der Waals surface area contributed by atoms with Gasteiger partial charge in [0.25, 0.3) is 0 Å². The molecule has 1 heterocycles. The first kappa shape index (κ1) is 14.6. The Bertz CT molecular complexity index is 922. The lowest BCUT2D eigenvalue weighted by Crippen LogP contribution is -1.96. The Morgan fingerprint density at radius 3 is 1.29 bits per heavy atom. The van der Waals surface area contributed by atoms with Crippen molar-refractivity contribution in [1.82, 2.24) is 9.97 Å². The Hall–Kier alpha value is -3.00. The van der Waals surface area contributed by atoms with Gasteiger partial charge in [-0.05, 0) is 37.1 Å². The van der Waals surface area contributed by atoms with E-state index in [-0.39, 0.29) is 0 Å². The van der Waals surface area contributed by atoms with Crippen molar-refractivity contribution in [2.75, 3.05) is 0 Å². The first-order chi connectivity index (χ1) is 11.7. The van der Waals surface area contributed by atoms with Crippen LogP contribution in [-0.2, 0) is 0 Å². The predicted octanol–water partition coefficient (Wildman–Crippen LogP) is 5.58. The maximum absolute atomic E-state index is 4.96. The van der Waals surface area contributed by atoms with Gasteiger partial charge >= 0.3 is 0 Å². The molecule has 0 aliphatic carbocycles. The molecule has 0 saturated carbocycles. The van der Waals surface area contributed by atoms with Crippen LogP contribution in [0.3, 0.4) is 0 Å². The first-order valence-electron chi connectivity index (χ1n) is 8.12. The van der Waals surface area contributed by atoms with Gasteiger partial charge in [-0.3, -0.25) is 0 Å². The van der Waals surface area contributed by atoms with Crippen LogP contribution in [0.25, 0.3) is 33.5 Å². The summed E-state index contributed by atoms with van der Waals surface area (Å²) in [6.45, 7) is 4.23. The molecule has 2 heteroatoms. The van der Waals surface area contributed by atoms with Gasteiger partial charge in [0, 0.05) is 11.1 Å². The molecular weight excluding hydrogens is 292 g/mol. The van der Waals surface area contributed by atoms with Gasteiger partial charge in [-0.2, -0.15) is 0 Å². The van der Waals surface area contributed by atoms with Crippen LogP contribution in [0, 0.1) is 13.8 Å². The molecule has 24 heavy (non-hydrogen) atoms. The van der Waals surface area contributed by atoms with Crippen molar-refractivity contribution in [3.8, 4) is 22.5 Å². The second-order valence-electron chi connectivity index (χ2n) is 6.08. The fraction of sp³-hybridized carbons (Fsp3) is 0.0909. The second-order valence-corrected chi connectivity index (χ2v) is 6.08. The molecule has 0 bridgehead atoms. The highest BCUT2D eigenvalue weighted by Crippen LogP contribution is 2.31. The van der Waals surface area contributed by atoms with Crippen LogP contribution in [0.4, 0.5) is 0 Å². The van der Waals surface area contributed by atoms with Crippen LogP contribution < -0.4 is 0 Å². The summed E-state index contributed by atoms with van der Waals surface area (Å²) >= 11 is 0. The third kappa shape index (κ3) is 2.56. The highest BCUT2D eigenvalue weighted by Gasteiger charge is 2.13. The molecule has 4 aromatic rings. The van der Waals surface area contributed by atoms with Gasteiger partial charge in [0.2, 0.25) is 0 Å². The molecule has 0 spiro atoms. The quantitative estimate of drug-likeness (QED) is 0.483. The summed E-state index contributed by atoms with van der Waals surface area (Å²) in [4.78, 5) is 9.92. The van der Waals surface area contributed by atoms with E-state index in [1.807, 2.05) is 36.4 Å². The average Bonchev–Trinajstić information content (AvgIpc) is 2.63. The molecule has 0 N–H and O–H groups in total. The summed E-state index contributed by atoms with van der Waals surface area (Å²) in [7, 11) is 0. The molecule has 0 radical (unpaired) electrons. The number of fused-ring (bicyclic) bond motifs is 1. The summed E-state index contributed by atoms with van der Waals surface area (Å²) in [5, 5.41) is 0. The molecule has 0 aliphatic heterocycles. The zero-order valence-corrected chi connectivity index (χ0v) is 13.8. The molecule has 1 aromatic heterocycles. The molecular formula is C22H18N2. The van der Waals surface area contributed by atoms with E-state index in [0.717, 1.165) is 33.5 Å². The largest absolute Gasteiger partial charge is 0.244 e.